The number of carbonyl (C=O) groups excluding carboxylic acids is 2. The Kier molecular flexibility index (Phi) is 4.95. The summed E-state index contributed by atoms with van der Waals surface area (Å²) in [5.74, 6) is -1.45. The third kappa shape index (κ3) is 4.56. The van der Waals surface area contributed by atoms with Crippen molar-refractivity contribution in [3.05, 3.63) is 22.4 Å². The summed E-state index contributed by atoms with van der Waals surface area (Å²) >= 11 is 1.46. The van der Waals surface area contributed by atoms with E-state index in [2.05, 4.69) is 5.32 Å². The minimum Gasteiger partial charge on any atom is -0.480 e. The first-order chi connectivity index (χ1) is 9.97. The van der Waals surface area contributed by atoms with E-state index in [1.165, 1.54) is 23.2 Å². The summed E-state index contributed by atoms with van der Waals surface area (Å²) in [7, 11) is 0. The van der Waals surface area contributed by atoms with Gasteiger partial charge in [-0.15, -0.1) is 11.3 Å². The highest BCUT2D eigenvalue weighted by molar-refractivity contribution is 7.10. The molecule has 0 aliphatic heterocycles. The van der Waals surface area contributed by atoms with E-state index < -0.39 is 12.0 Å². The average molecular weight is 310 g/mol. The third-order valence-corrected chi connectivity index (χ3v) is 4.24. The first-order valence-electron chi connectivity index (χ1n) is 6.79. The van der Waals surface area contributed by atoms with Crippen LogP contribution < -0.4 is 5.32 Å². The van der Waals surface area contributed by atoms with Gasteiger partial charge in [-0.1, -0.05) is 6.07 Å². The monoisotopic (exact) mass is 310 g/mol. The van der Waals surface area contributed by atoms with E-state index in [9.17, 15) is 14.4 Å². The molecule has 1 aromatic heterocycles. The fourth-order valence-electron chi connectivity index (χ4n) is 2.20. The number of carbonyl (C=O) groups is 3. The van der Waals surface area contributed by atoms with Crippen LogP contribution in [-0.4, -0.2) is 40.4 Å². The van der Waals surface area contributed by atoms with Gasteiger partial charge in [0.2, 0.25) is 11.8 Å². The highest BCUT2D eigenvalue weighted by Gasteiger charge is 2.35. The molecule has 0 spiro atoms. The fraction of sp³-hybridized carbons (Fsp3) is 0.500. The van der Waals surface area contributed by atoms with Crippen molar-refractivity contribution in [2.45, 2.75) is 38.3 Å². The molecule has 0 saturated heterocycles. The predicted octanol–water partition coefficient (Wildman–Crippen LogP) is 1.39. The lowest BCUT2D eigenvalue weighted by Crippen LogP contribution is -2.40. The number of nitrogens with zero attached hydrogens (tertiary/aromatic N) is 1. The van der Waals surface area contributed by atoms with Crippen LogP contribution in [0.5, 0.6) is 0 Å². The molecular formula is C14H18N2O4S. The van der Waals surface area contributed by atoms with Crippen LogP contribution in [0.25, 0.3) is 0 Å². The number of carboxylic acids is 1. The lowest BCUT2D eigenvalue weighted by Gasteiger charge is -2.23. The zero-order chi connectivity index (χ0) is 15.4. The number of amides is 2. The quantitative estimate of drug-likeness (QED) is 0.797. The molecule has 1 heterocycles. The third-order valence-electron chi connectivity index (χ3n) is 3.26. The average Bonchev–Trinajstić information content (AvgIpc) is 3.08. The molecule has 0 bridgehead atoms. The summed E-state index contributed by atoms with van der Waals surface area (Å²) in [6.45, 7) is 1.13. The largest absolute Gasteiger partial charge is 0.480 e. The second-order valence-electron chi connectivity index (χ2n) is 5.12. The van der Waals surface area contributed by atoms with Gasteiger partial charge in [0.1, 0.15) is 6.54 Å². The maximum atomic E-state index is 12.4. The van der Waals surface area contributed by atoms with Gasteiger partial charge >= 0.3 is 5.97 Å². The Morgan fingerprint density at radius 3 is 2.67 bits per heavy atom. The van der Waals surface area contributed by atoms with E-state index in [4.69, 9.17) is 5.11 Å². The van der Waals surface area contributed by atoms with Crippen molar-refractivity contribution in [1.82, 2.24) is 10.2 Å². The summed E-state index contributed by atoms with van der Waals surface area (Å²) < 4.78 is 0. The van der Waals surface area contributed by atoms with Crippen molar-refractivity contribution in [2.24, 2.45) is 0 Å². The highest BCUT2D eigenvalue weighted by Crippen LogP contribution is 2.29. The Morgan fingerprint density at radius 1 is 1.48 bits per heavy atom. The molecule has 1 aliphatic carbocycles. The molecule has 7 heteroatoms. The molecule has 2 amide bonds. The molecule has 1 atom stereocenters. The van der Waals surface area contributed by atoms with Crippen LogP contribution in [0.3, 0.4) is 0 Å². The first kappa shape index (κ1) is 15.5. The summed E-state index contributed by atoms with van der Waals surface area (Å²) in [6.07, 6.45) is 1.79. The van der Waals surface area contributed by atoms with Crippen LogP contribution in [0.1, 0.15) is 37.1 Å². The number of aliphatic carboxylic acids is 1. The Morgan fingerprint density at radius 2 is 2.19 bits per heavy atom. The molecule has 1 saturated carbocycles. The Balaban J connectivity index is 2.05. The predicted molar refractivity (Wildman–Crippen MR) is 77.9 cm³/mol. The van der Waals surface area contributed by atoms with Gasteiger partial charge in [-0.3, -0.25) is 14.4 Å². The number of thiophene rings is 1. The highest BCUT2D eigenvalue weighted by atomic mass is 32.1. The van der Waals surface area contributed by atoms with Crippen molar-refractivity contribution >= 4 is 29.1 Å². The van der Waals surface area contributed by atoms with Gasteiger partial charge < -0.3 is 15.3 Å². The van der Waals surface area contributed by atoms with Crippen LogP contribution >= 0.6 is 11.3 Å². The fourth-order valence-corrected chi connectivity index (χ4v) is 2.98. The smallest absolute Gasteiger partial charge is 0.323 e. The summed E-state index contributed by atoms with van der Waals surface area (Å²) in [4.78, 5) is 36.8. The molecule has 114 valence electrons. The van der Waals surface area contributed by atoms with Crippen LogP contribution in [0.4, 0.5) is 0 Å². The van der Waals surface area contributed by atoms with Crippen LogP contribution in [0.2, 0.25) is 0 Å². The Labute approximate surface area is 126 Å². The first-order valence-corrected chi connectivity index (χ1v) is 7.67. The lowest BCUT2D eigenvalue weighted by molar-refractivity contribution is -0.145. The van der Waals surface area contributed by atoms with Crippen molar-refractivity contribution in [3.63, 3.8) is 0 Å². The van der Waals surface area contributed by atoms with Crippen molar-refractivity contribution < 1.29 is 19.5 Å². The molecule has 2 N–H and O–H groups in total. The Hall–Kier alpha value is -1.89. The lowest BCUT2D eigenvalue weighted by atomic mass is 10.1. The maximum Gasteiger partial charge on any atom is 0.323 e. The summed E-state index contributed by atoms with van der Waals surface area (Å²) in [5, 5.41) is 13.5. The van der Waals surface area contributed by atoms with E-state index in [1.54, 1.807) is 0 Å². The molecule has 6 nitrogen and oxygen atoms in total. The van der Waals surface area contributed by atoms with Crippen LogP contribution in [0, 0.1) is 0 Å². The summed E-state index contributed by atoms with van der Waals surface area (Å²) in [5.41, 5.74) is 0. The second kappa shape index (κ2) is 6.71. The molecular weight excluding hydrogens is 292 g/mol. The maximum absolute atomic E-state index is 12.4. The van der Waals surface area contributed by atoms with Gasteiger partial charge in [-0.25, -0.2) is 0 Å². The van der Waals surface area contributed by atoms with Crippen LogP contribution in [0.15, 0.2) is 17.5 Å². The topological polar surface area (TPSA) is 86.7 Å². The molecule has 1 unspecified atom stereocenters. The second-order valence-corrected chi connectivity index (χ2v) is 6.10. The summed E-state index contributed by atoms with van der Waals surface area (Å²) in [6, 6.07) is 3.35. The molecule has 0 radical (unpaired) electrons. The zero-order valence-electron chi connectivity index (χ0n) is 11.7. The number of rotatable bonds is 7. The van der Waals surface area contributed by atoms with Crippen LogP contribution in [-0.2, 0) is 14.4 Å². The van der Waals surface area contributed by atoms with E-state index in [-0.39, 0.29) is 30.8 Å². The SMILES string of the molecule is CC(=O)NC(CC(=O)N(CC(=O)O)C1CC1)c1cccs1. The minimum atomic E-state index is -1.01. The molecule has 1 aromatic rings. The molecule has 0 aromatic carbocycles. The van der Waals surface area contributed by atoms with E-state index in [0.29, 0.717) is 0 Å². The normalized spacial score (nSPS) is 15.3. The molecule has 21 heavy (non-hydrogen) atoms. The van der Waals surface area contributed by atoms with E-state index in [1.807, 2.05) is 17.5 Å². The van der Waals surface area contributed by atoms with Gasteiger partial charge in [0.05, 0.1) is 12.5 Å². The standard InChI is InChI=1S/C14H18N2O4S/c1-9(17)15-11(12-3-2-6-21-12)7-13(18)16(8-14(19)20)10-4-5-10/h2-3,6,10-11H,4-5,7-8H2,1H3,(H,15,17)(H,19,20). The number of nitrogens with one attached hydrogen (secondary N) is 1. The van der Waals surface area contributed by atoms with Crippen molar-refractivity contribution in [1.29, 1.82) is 0 Å². The number of carboxylic acid groups (broad SMARTS) is 1. The van der Waals surface area contributed by atoms with E-state index in [0.717, 1.165) is 17.7 Å². The van der Waals surface area contributed by atoms with Gasteiger partial charge in [-0.05, 0) is 24.3 Å². The van der Waals surface area contributed by atoms with Gasteiger partial charge in [-0.2, -0.15) is 0 Å². The number of hydrogen-bond acceptors (Lipinski definition) is 4. The van der Waals surface area contributed by atoms with Gasteiger partial charge in [0.15, 0.2) is 0 Å². The van der Waals surface area contributed by atoms with Crippen molar-refractivity contribution in [3.8, 4) is 0 Å². The van der Waals surface area contributed by atoms with Crippen molar-refractivity contribution in [2.75, 3.05) is 6.54 Å². The molecule has 1 aliphatic rings. The van der Waals surface area contributed by atoms with Gasteiger partial charge in [0.25, 0.3) is 0 Å². The van der Waals surface area contributed by atoms with Gasteiger partial charge in [0, 0.05) is 17.8 Å². The molecule has 1 fully saturated rings. The molecule has 2 rings (SSSR count). The Bertz CT molecular complexity index is 525. The van der Waals surface area contributed by atoms with E-state index >= 15 is 0 Å². The minimum absolute atomic E-state index is 0.0370. The number of hydrogen-bond donors (Lipinski definition) is 2. The zero-order valence-corrected chi connectivity index (χ0v) is 12.6.